The molecule has 0 saturated carbocycles. The van der Waals surface area contributed by atoms with Gasteiger partial charge in [-0.1, -0.05) is 6.92 Å². The second kappa shape index (κ2) is 6.38. The minimum atomic E-state index is -0.563. The Kier molecular flexibility index (Phi) is 6.33. The average molecular weight is 202 g/mol. The molecule has 2 N–H and O–H groups in total. The van der Waals surface area contributed by atoms with E-state index in [1.165, 1.54) is 0 Å². The van der Waals surface area contributed by atoms with Crippen molar-refractivity contribution < 1.29 is 5.11 Å². The van der Waals surface area contributed by atoms with Gasteiger partial charge in [0.1, 0.15) is 0 Å². The van der Waals surface area contributed by atoms with Crippen LogP contribution < -0.4 is 5.32 Å². The van der Waals surface area contributed by atoms with Crippen LogP contribution in [0.5, 0.6) is 0 Å². The van der Waals surface area contributed by atoms with Crippen molar-refractivity contribution in [2.45, 2.75) is 45.3 Å². The van der Waals surface area contributed by atoms with Gasteiger partial charge in [0.2, 0.25) is 0 Å². The van der Waals surface area contributed by atoms with Crippen molar-refractivity contribution in [3.05, 3.63) is 0 Å². The zero-order valence-corrected chi connectivity index (χ0v) is 10.3. The van der Waals surface area contributed by atoms with Gasteiger partial charge in [-0.3, -0.25) is 0 Å². The van der Waals surface area contributed by atoms with Crippen LogP contribution in [0.25, 0.3) is 0 Å². The van der Waals surface area contributed by atoms with Gasteiger partial charge in [0, 0.05) is 12.6 Å². The average Bonchev–Trinajstić information content (AvgIpc) is 2.11. The van der Waals surface area contributed by atoms with Crippen molar-refractivity contribution >= 4 is 0 Å². The molecule has 0 aliphatic carbocycles. The number of rotatable bonds is 7. The molecule has 0 radical (unpaired) electrons. The molecule has 14 heavy (non-hydrogen) atoms. The van der Waals surface area contributed by atoms with Crippen LogP contribution in [0.1, 0.15) is 33.6 Å². The summed E-state index contributed by atoms with van der Waals surface area (Å²) in [6, 6.07) is 0.468. The molecule has 3 heteroatoms. The lowest BCUT2D eigenvalue weighted by Gasteiger charge is -2.25. The van der Waals surface area contributed by atoms with Crippen LogP contribution in [0.2, 0.25) is 0 Å². The largest absolute Gasteiger partial charge is 0.389 e. The summed E-state index contributed by atoms with van der Waals surface area (Å²) in [5.41, 5.74) is -0.563. The summed E-state index contributed by atoms with van der Waals surface area (Å²) >= 11 is 0. The fraction of sp³-hybridized carbons (Fsp3) is 1.00. The smallest absolute Gasteiger partial charge is 0.0741 e. The van der Waals surface area contributed by atoms with E-state index in [9.17, 15) is 5.11 Å². The molecular formula is C11H26N2O. The Hall–Kier alpha value is -0.120. The monoisotopic (exact) mass is 202 g/mol. The van der Waals surface area contributed by atoms with E-state index in [0.29, 0.717) is 12.6 Å². The molecule has 0 spiro atoms. The Morgan fingerprint density at radius 2 is 2.00 bits per heavy atom. The third kappa shape index (κ3) is 7.30. The van der Waals surface area contributed by atoms with Crippen molar-refractivity contribution in [2.24, 2.45) is 0 Å². The van der Waals surface area contributed by atoms with Gasteiger partial charge in [0.25, 0.3) is 0 Å². The Labute approximate surface area is 88.5 Å². The maximum absolute atomic E-state index is 9.78. The molecule has 0 aromatic heterocycles. The first-order valence-electron chi connectivity index (χ1n) is 5.48. The lowest BCUT2D eigenvalue weighted by molar-refractivity contribution is 0.0529. The fourth-order valence-corrected chi connectivity index (χ4v) is 1.07. The molecule has 2 unspecified atom stereocenters. The lowest BCUT2D eigenvalue weighted by atomic mass is 10.0. The van der Waals surface area contributed by atoms with Crippen molar-refractivity contribution in [3.63, 3.8) is 0 Å². The van der Waals surface area contributed by atoms with Crippen LogP contribution in [0.4, 0.5) is 0 Å². The first kappa shape index (κ1) is 13.9. The Balaban J connectivity index is 3.58. The van der Waals surface area contributed by atoms with E-state index >= 15 is 0 Å². The van der Waals surface area contributed by atoms with E-state index in [4.69, 9.17) is 0 Å². The van der Waals surface area contributed by atoms with Gasteiger partial charge >= 0.3 is 0 Å². The molecule has 0 aromatic carbocycles. The topological polar surface area (TPSA) is 35.5 Å². The second-order valence-electron chi connectivity index (χ2n) is 4.72. The molecule has 2 atom stereocenters. The maximum atomic E-state index is 9.78. The molecule has 0 rings (SSSR count). The molecule has 0 aromatic rings. The van der Waals surface area contributed by atoms with Crippen LogP contribution >= 0.6 is 0 Å². The van der Waals surface area contributed by atoms with E-state index < -0.39 is 5.60 Å². The summed E-state index contributed by atoms with van der Waals surface area (Å²) in [5.74, 6) is 0. The van der Waals surface area contributed by atoms with Crippen LogP contribution in [0, 0.1) is 0 Å². The molecule has 0 amide bonds. The van der Waals surface area contributed by atoms with Gasteiger partial charge in [-0.25, -0.2) is 0 Å². The first-order valence-corrected chi connectivity index (χ1v) is 5.48. The summed E-state index contributed by atoms with van der Waals surface area (Å²) in [5, 5.41) is 13.1. The standard InChI is InChI=1S/C11H26N2O/c1-6-11(3,14)9-12-10(2)7-8-13(4)5/h10,12,14H,6-9H2,1-5H3. The summed E-state index contributed by atoms with van der Waals surface area (Å²) in [7, 11) is 4.16. The summed E-state index contributed by atoms with van der Waals surface area (Å²) in [6.45, 7) is 7.81. The minimum absolute atomic E-state index is 0.468. The summed E-state index contributed by atoms with van der Waals surface area (Å²) in [4.78, 5) is 2.18. The molecule has 86 valence electrons. The molecule has 0 bridgehead atoms. The maximum Gasteiger partial charge on any atom is 0.0741 e. The third-order valence-electron chi connectivity index (χ3n) is 2.60. The Bertz CT molecular complexity index is 146. The zero-order valence-electron chi connectivity index (χ0n) is 10.3. The number of aliphatic hydroxyl groups is 1. The highest BCUT2D eigenvalue weighted by Crippen LogP contribution is 2.06. The molecule has 0 aliphatic heterocycles. The molecule has 3 nitrogen and oxygen atoms in total. The fourth-order valence-electron chi connectivity index (χ4n) is 1.07. The highest BCUT2D eigenvalue weighted by Gasteiger charge is 2.17. The predicted molar refractivity (Wildman–Crippen MR) is 61.6 cm³/mol. The molecule has 0 aliphatic rings. The minimum Gasteiger partial charge on any atom is -0.389 e. The van der Waals surface area contributed by atoms with Crippen molar-refractivity contribution in [1.82, 2.24) is 10.2 Å². The lowest BCUT2D eigenvalue weighted by Crippen LogP contribution is -2.41. The Morgan fingerprint density at radius 1 is 1.43 bits per heavy atom. The number of nitrogens with zero attached hydrogens (tertiary/aromatic N) is 1. The molecule has 0 saturated heterocycles. The van der Waals surface area contributed by atoms with Crippen LogP contribution in [0.15, 0.2) is 0 Å². The first-order chi connectivity index (χ1) is 6.37. The van der Waals surface area contributed by atoms with Crippen molar-refractivity contribution in [1.29, 1.82) is 0 Å². The van der Waals surface area contributed by atoms with Crippen LogP contribution in [-0.4, -0.2) is 48.8 Å². The zero-order chi connectivity index (χ0) is 11.2. The van der Waals surface area contributed by atoms with E-state index in [1.807, 2.05) is 13.8 Å². The highest BCUT2D eigenvalue weighted by molar-refractivity contribution is 4.75. The van der Waals surface area contributed by atoms with Crippen LogP contribution in [0.3, 0.4) is 0 Å². The van der Waals surface area contributed by atoms with Gasteiger partial charge in [-0.05, 0) is 47.3 Å². The Morgan fingerprint density at radius 3 is 2.43 bits per heavy atom. The normalized spacial score (nSPS) is 18.2. The molecule has 0 fully saturated rings. The van der Waals surface area contributed by atoms with Crippen LogP contribution in [-0.2, 0) is 0 Å². The van der Waals surface area contributed by atoms with Crippen molar-refractivity contribution in [3.8, 4) is 0 Å². The van der Waals surface area contributed by atoms with E-state index in [2.05, 4.69) is 31.2 Å². The van der Waals surface area contributed by atoms with Gasteiger partial charge in [0.15, 0.2) is 0 Å². The van der Waals surface area contributed by atoms with E-state index in [-0.39, 0.29) is 0 Å². The van der Waals surface area contributed by atoms with Crippen molar-refractivity contribution in [2.75, 3.05) is 27.2 Å². The van der Waals surface area contributed by atoms with E-state index in [1.54, 1.807) is 0 Å². The van der Waals surface area contributed by atoms with Gasteiger partial charge < -0.3 is 15.3 Å². The quantitative estimate of drug-likeness (QED) is 0.648. The second-order valence-corrected chi connectivity index (χ2v) is 4.72. The SMILES string of the molecule is CCC(C)(O)CNC(C)CCN(C)C. The summed E-state index contributed by atoms with van der Waals surface area (Å²) < 4.78 is 0. The van der Waals surface area contributed by atoms with E-state index in [0.717, 1.165) is 19.4 Å². The highest BCUT2D eigenvalue weighted by atomic mass is 16.3. The molecular weight excluding hydrogens is 176 g/mol. The number of nitrogens with one attached hydrogen (secondary N) is 1. The summed E-state index contributed by atoms with van der Waals surface area (Å²) in [6.07, 6.45) is 1.91. The number of hydrogen-bond donors (Lipinski definition) is 2. The third-order valence-corrected chi connectivity index (χ3v) is 2.60. The van der Waals surface area contributed by atoms with Gasteiger partial charge in [-0.15, -0.1) is 0 Å². The molecule has 0 heterocycles. The van der Waals surface area contributed by atoms with Gasteiger partial charge in [0.05, 0.1) is 5.60 Å². The predicted octanol–water partition coefficient (Wildman–Crippen LogP) is 1.08. The number of hydrogen-bond acceptors (Lipinski definition) is 3. The van der Waals surface area contributed by atoms with Gasteiger partial charge in [-0.2, -0.15) is 0 Å².